The van der Waals surface area contributed by atoms with E-state index in [1.54, 1.807) is 11.8 Å². The number of thioether (sulfide) groups is 1. The summed E-state index contributed by atoms with van der Waals surface area (Å²) in [7, 11) is 0. The average Bonchev–Trinajstić information content (AvgIpc) is 2.81. The number of nitrogens with zero attached hydrogens (tertiary/aromatic N) is 1. The van der Waals surface area contributed by atoms with E-state index >= 15 is 0 Å². The smallest absolute Gasteiger partial charge is 0.327 e. The van der Waals surface area contributed by atoms with Gasteiger partial charge in [-0.2, -0.15) is 11.8 Å². The first kappa shape index (κ1) is 11.7. The van der Waals surface area contributed by atoms with Gasteiger partial charge in [-0.05, 0) is 6.42 Å². The highest BCUT2D eigenvalue weighted by molar-refractivity contribution is 7.99. The van der Waals surface area contributed by atoms with E-state index < -0.39 is 12.0 Å². The average molecular weight is 245 g/mol. The third-order valence-corrected chi connectivity index (χ3v) is 4.00. The molecular formula is C10H15NO4S. The van der Waals surface area contributed by atoms with E-state index in [2.05, 4.69) is 0 Å². The molecule has 0 aromatic carbocycles. The van der Waals surface area contributed by atoms with Gasteiger partial charge in [-0.15, -0.1) is 0 Å². The maximum absolute atomic E-state index is 12.1. The van der Waals surface area contributed by atoms with Crippen molar-refractivity contribution >= 4 is 23.6 Å². The number of hydrogen-bond acceptors (Lipinski definition) is 4. The van der Waals surface area contributed by atoms with Gasteiger partial charge in [-0.3, -0.25) is 4.79 Å². The van der Waals surface area contributed by atoms with Gasteiger partial charge in [0.2, 0.25) is 5.91 Å². The summed E-state index contributed by atoms with van der Waals surface area (Å²) in [4.78, 5) is 24.6. The molecule has 2 heterocycles. The van der Waals surface area contributed by atoms with Crippen molar-refractivity contribution in [1.29, 1.82) is 0 Å². The summed E-state index contributed by atoms with van der Waals surface area (Å²) in [6.45, 7) is 1.59. The van der Waals surface area contributed by atoms with Gasteiger partial charge in [-0.25, -0.2) is 4.79 Å². The Morgan fingerprint density at radius 1 is 1.44 bits per heavy atom. The van der Waals surface area contributed by atoms with Crippen LogP contribution in [0.15, 0.2) is 0 Å². The van der Waals surface area contributed by atoms with Crippen molar-refractivity contribution in [3.8, 4) is 0 Å². The zero-order valence-corrected chi connectivity index (χ0v) is 9.74. The standard InChI is InChI=1S/C10H15NO4S/c12-9(7-1-3-15-5-7)11-2-4-16-6-8(11)10(13)14/h7-8H,1-6H2,(H,13,14). The van der Waals surface area contributed by atoms with E-state index in [0.717, 1.165) is 12.2 Å². The lowest BCUT2D eigenvalue weighted by Gasteiger charge is -2.34. The van der Waals surface area contributed by atoms with E-state index in [-0.39, 0.29) is 11.8 Å². The fourth-order valence-electron chi connectivity index (χ4n) is 2.04. The molecule has 2 aliphatic heterocycles. The molecule has 0 bridgehead atoms. The molecular weight excluding hydrogens is 230 g/mol. The van der Waals surface area contributed by atoms with Crippen LogP contribution in [0.25, 0.3) is 0 Å². The molecule has 16 heavy (non-hydrogen) atoms. The third-order valence-electron chi connectivity index (χ3n) is 2.98. The van der Waals surface area contributed by atoms with Crippen molar-refractivity contribution in [2.24, 2.45) is 5.92 Å². The molecule has 5 nitrogen and oxygen atoms in total. The number of aliphatic carboxylic acids is 1. The topological polar surface area (TPSA) is 66.8 Å². The number of carboxylic acid groups (broad SMARTS) is 1. The first-order valence-electron chi connectivity index (χ1n) is 5.39. The Bertz CT molecular complexity index is 291. The Morgan fingerprint density at radius 2 is 2.25 bits per heavy atom. The SMILES string of the molecule is O=C(O)C1CSCCN1C(=O)C1CCOC1. The summed E-state index contributed by atoms with van der Waals surface area (Å²) in [5, 5.41) is 9.06. The molecule has 90 valence electrons. The third kappa shape index (κ3) is 2.32. The molecule has 1 amide bonds. The van der Waals surface area contributed by atoms with Gasteiger partial charge in [-0.1, -0.05) is 0 Å². The first-order chi connectivity index (χ1) is 7.70. The van der Waals surface area contributed by atoms with Gasteiger partial charge in [0.25, 0.3) is 0 Å². The van der Waals surface area contributed by atoms with Crippen LogP contribution in [0.2, 0.25) is 0 Å². The van der Waals surface area contributed by atoms with Crippen LogP contribution in [0.5, 0.6) is 0 Å². The quantitative estimate of drug-likeness (QED) is 0.744. The Balaban J connectivity index is 2.04. The number of amides is 1. The zero-order valence-electron chi connectivity index (χ0n) is 8.92. The summed E-state index contributed by atoms with van der Waals surface area (Å²) in [6, 6.07) is -0.660. The summed E-state index contributed by atoms with van der Waals surface area (Å²) in [5.41, 5.74) is 0. The molecule has 0 spiro atoms. The molecule has 2 saturated heterocycles. The van der Waals surface area contributed by atoms with Crippen LogP contribution in [-0.2, 0) is 14.3 Å². The molecule has 2 rings (SSSR count). The van der Waals surface area contributed by atoms with Crippen LogP contribution in [0.4, 0.5) is 0 Å². The molecule has 0 saturated carbocycles. The minimum atomic E-state index is -0.903. The fraction of sp³-hybridized carbons (Fsp3) is 0.800. The Kier molecular flexibility index (Phi) is 3.70. The number of rotatable bonds is 2. The highest BCUT2D eigenvalue weighted by Crippen LogP contribution is 2.22. The summed E-state index contributed by atoms with van der Waals surface area (Å²) < 4.78 is 5.16. The normalized spacial score (nSPS) is 30.4. The molecule has 0 aromatic heterocycles. The molecule has 0 radical (unpaired) electrons. The highest BCUT2D eigenvalue weighted by atomic mass is 32.2. The lowest BCUT2D eigenvalue weighted by molar-refractivity contribution is -0.151. The lowest BCUT2D eigenvalue weighted by atomic mass is 10.1. The first-order valence-corrected chi connectivity index (χ1v) is 6.54. The maximum atomic E-state index is 12.1. The largest absolute Gasteiger partial charge is 0.480 e. The molecule has 0 aromatic rings. The van der Waals surface area contributed by atoms with E-state index in [1.807, 2.05) is 0 Å². The van der Waals surface area contributed by atoms with Crippen LogP contribution in [0.3, 0.4) is 0 Å². The number of carbonyl (C=O) groups is 2. The van der Waals surface area contributed by atoms with Crippen LogP contribution < -0.4 is 0 Å². The summed E-state index contributed by atoms with van der Waals surface area (Å²) >= 11 is 1.59. The van der Waals surface area contributed by atoms with Crippen molar-refractivity contribution in [3.63, 3.8) is 0 Å². The van der Waals surface area contributed by atoms with Gasteiger partial charge in [0.05, 0.1) is 12.5 Å². The molecule has 0 aliphatic carbocycles. The van der Waals surface area contributed by atoms with E-state index in [1.165, 1.54) is 4.90 Å². The lowest BCUT2D eigenvalue weighted by Crippen LogP contribution is -2.52. The predicted molar refractivity (Wildman–Crippen MR) is 59.4 cm³/mol. The molecule has 6 heteroatoms. The second-order valence-corrected chi connectivity index (χ2v) is 5.17. The van der Waals surface area contributed by atoms with Crippen LogP contribution in [-0.4, -0.2) is 59.2 Å². The molecule has 1 N–H and O–H groups in total. The van der Waals surface area contributed by atoms with Gasteiger partial charge in [0.15, 0.2) is 0 Å². The molecule has 2 fully saturated rings. The second-order valence-electron chi connectivity index (χ2n) is 4.02. The van der Waals surface area contributed by atoms with Gasteiger partial charge in [0, 0.05) is 24.7 Å². The Morgan fingerprint density at radius 3 is 2.88 bits per heavy atom. The second kappa shape index (κ2) is 5.05. The number of ether oxygens (including phenoxy) is 1. The predicted octanol–water partition coefficient (Wildman–Crippen LogP) is 0.0515. The Hall–Kier alpha value is -0.750. The maximum Gasteiger partial charge on any atom is 0.327 e. The van der Waals surface area contributed by atoms with Crippen molar-refractivity contribution < 1.29 is 19.4 Å². The Labute approximate surface area is 98.1 Å². The minimum Gasteiger partial charge on any atom is -0.480 e. The van der Waals surface area contributed by atoms with Crippen molar-refractivity contribution in [1.82, 2.24) is 4.90 Å². The van der Waals surface area contributed by atoms with Gasteiger partial charge >= 0.3 is 5.97 Å². The van der Waals surface area contributed by atoms with Crippen molar-refractivity contribution in [3.05, 3.63) is 0 Å². The van der Waals surface area contributed by atoms with Crippen molar-refractivity contribution in [2.45, 2.75) is 12.5 Å². The van der Waals surface area contributed by atoms with Crippen molar-refractivity contribution in [2.75, 3.05) is 31.3 Å². The summed E-state index contributed by atoms with van der Waals surface area (Å²) in [5.74, 6) is 0.229. The fourth-order valence-corrected chi connectivity index (χ4v) is 3.07. The number of carbonyl (C=O) groups excluding carboxylic acids is 1. The van der Waals surface area contributed by atoms with Crippen LogP contribution >= 0.6 is 11.8 Å². The van der Waals surface area contributed by atoms with E-state index in [4.69, 9.17) is 9.84 Å². The van der Waals surface area contributed by atoms with Crippen LogP contribution in [0.1, 0.15) is 6.42 Å². The van der Waals surface area contributed by atoms with Crippen LogP contribution in [0, 0.1) is 5.92 Å². The molecule has 2 unspecified atom stereocenters. The zero-order chi connectivity index (χ0) is 11.5. The van der Waals surface area contributed by atoms with Gasteiger partial charge < -0.3 is 14.7 Å². The van der Waals surface area contributed by atoms with E-state index in [0.29, 0.717) is 25.5 Å². The monoisotopic (exact) mass is 245 g/mol. The van der Waals surface area contributed by atoms with E-state index in [9.17, 15) is 9.59 Å². The number of hydrogen-bond donors (Lipinski definition) is 1. The highest BCUT2D eigenvalue weighted by Gasteiger charge is 2.36. The summed E-state index contributed by atoms with van der Waals surface area (Å²) in [6.07, 6.45) is 0.717. The van der Waals surface area contributed by atoms with Gasteiger partial charge in [0.1, 0.15) is 6.04 Å². The molecule has 2 atom stereocenters. The number of carboxylic acids is 1. The molecule has 2 aliphatic rings. The minimum absolute atomic E-state index is 0.0507.